The topological polar surface area (TPSA) is 73.7 Å². The van der Waals surface area contributed by atoms with Gasteiger partial charge in [0.25, 0.3) is 0 Å². The molecule has 7 nitrogen and oxygen atoms in total. The van der Waals surface area contributed by atoms with Gasteiger partial charge in [-0.3, -0.25) is 0 Å². The first-order valence-corrected chi connectivity index (χ1v) is 13.9. The minimum absolute atomic E-state index is 0.114. The second-order valence-electron chi connectivity index (χ2n) is 9.07. The van der Waals surface area contributed by atoms with E-state index in [1.807, 2.05) is 49.4 Å². The first-order valence-electron chi connectivity index (χ1n) is 12.1. The molecule has 0 N–H and O–H groups in total. The lowest BCUT2D eigenvalue weighted by Gasteiger charge is -2.23. The number of sulfonamides is 1. The number of rotatable bonds is 10. The predicted molar refractivity (Wildman–Crippen MR) is 143 cm³/mol. The van der Waals surface area contributed by atoms with Gasteiger partial charge >= 0.3 is 0 Å². The normalized spacial score (nSPS) is 13.6. The van der Waals surface area contributed by atoms with Gasteiger partial charge in [0.05, 0.1) is 34.0 Å². The monoisotopic (exact) mass is 537 g/mol. The molecule has 192 valence electrons. The van der Waals surface area contributed by atoms with Crippen LogP contribution in [0, 0.1) is 12.8 Å². The van der Waals surface area contributed by atoms with Gasteiger partial charge in [0.1, 0.15) is 11.5 Å². The van der Waals surface area contributed by atoms with E-state index >= 15 is 0 Å². The zero-order valence-electron chi connectivity index (χ0n) is 20.7. The first-order chi connectivity index (χ1) is 17.9. The van der Waals surface area contributed by atoms with E-state index in [1.54, 1.807) is 48.2 Å². The van der Waals surface area contributed by atoms with Gasteiger partial charge in [0.2, 0.25) is 15.9 Å². The SMILES string of the molecule is COc1ccc(S(=O)(=O)N(Cc2c(C)nn(-c3ccccc3)c2Oc2ccccc2Cl)CC2CC2)cc1. The van der Waals surface area contributed by atoms with Crippen molar-refractivity contribution in [1.29, 1.82) is 0 Å². The van der Waals surface area contributed by atoms with Crippen LogP contribution in [0.4, 0.5) is 0 Å². The number of para-hydroxylation sites is 2. The van der Waals surface area contributed by atoms with Gasteiger partial charge in [-0.1, -0.05) is 41.9 Å². The summed E-state index contributed by atoms with van der Waals surface area (Å²) in [5, 5.41) is 5.19. The zero-order valence-corrected chi connectivity index (χ0v) is 22.2. The van der Waals surface area contributed by atoms with Crippen molar-refractivity contribution in [2.75, 3.05) is 13.7 Å². The van der Waals surface area contributed by atoms with Gasteiger partial charge in [-0.25, -0.2) is 13.1 Å². The number of aryl methyl sites for hydroxylation is 1. The Kier molecular flexibility index (Phi) is 7.24. The largest absolute Gasteiger partial charge is 0.497 e. The summed E-state index contributed by atoms with van der Waals surface area (Å²) in [7, 11) is -2.24. The van der Waals surface area contributed by atoms with Crippen molar-refractivity contribution < 1.29 is 17.9 Å². The zero-order chi connectivity index (χ0) is 26.0. The number of methoxy groups -OCH3 is 1. The van der Waals surface area contributed by atoms with Crippen LogP contribution in [0.3, 0.4) is 0 Å². The Morgan fingerprint density at radius 1 is 1.00 bits per heavy atom. The van der Waals surface area contributed by atoms with Crippen molar-refractivity contribution in [3.8, 4) is 23.1 Å². The molecule has 0 amide bonds. The Bertz CT molecular complexity index is 1480. The number of hydrogen-bond acceptors (Lipinski definition) is 5. The molecule has 3 aromatic carbocycles. The van der Waals surface area contributed by atoms with E-state index in [0.29, 0.717) is 46.1 Å². The summed E-state index contributed by atoms with van der Waals surface area (Å²) < 4.78 is 42.4. The minimum Gasteiger partial charge on any atom is -0.497 e. The van der Waals surface area contributed by atoms with Crippen LogP contribution in [-0.4, -0.2) is 36.2 Å². The third-order valence-corrected chi connectivity index (χ3v) is 8.51. The minimum atomic E-state index is -3.79. The average Bonchev–Trinajstić information content (AvgIpc) is 3.69. The molecule has 0 atom stereocenters. The van der Waals surface area contributed by atoms with E-state index in [1.165, 1.54) is 4.31 Å². The molecule has 37 heavy (non-hydrogen) atoms. The van der Waals surface area contributed by atoms with Crippen molar-refractivity contribution in [2.45, 2.75) is 31.2 Å². The number of hydrogen-bond donors (Lipinski definition) is 0. The molecule has 0 unspecified atom stereocenters. The van der Waals surface area contributed by atoms with Crippen LogP contribution in [0.25, 0.3) is 5.69 Å². The molecule has 1 saturated carbocycles. The van der Waals surface area contributed by atoms with Crippen molar-refractivity contribution in [3.63, 3.8) is 0 Å². The Morgan fingerprint density at radius 3 is 2.32 bits per heavy atom. The highest BCUT2D eigenvalue weighted by Crippen LogP contribution is 2.37. The van der Waals surface area contributed by atoms with Gasteiger partial charge in [-0.15, -0.1) is 0 Å². The highest BCUT2D eigenvalue weighted by Gasteiger charge is 2.34. The quantitative estimate of drug-likeness (QED) is 0.239. The van der Waals surface area contributed by atoms with E-state index in [4.69, 9.17) is 26.2 Å². The first kappa shape index (κ1) is 25.3. The summed E-state index contributed by atoms with van der Waals surface area (Å²) in [6, 6.07) is 23.3. The van der Waals surface area contributed by atoms with Crippen molar-refractivity contribution in [2.24, 2.45) is 5.92 Å². The number of halogens is 1. The number of benzene rings is 3. The van der Waals surface area contributed by atoms with Crippen LogP contribution in [0.15, 0.2) is 83.8 Å². The number of nitrogens with zero attached hydrogens (tertiary/aromatic N) is 3. The fraction of sp³-hybridized carbons (Fsp3) is 0.250. The second kappa shape index (κ2) is 10.6. The number of aromatic nitrogens is 2. The highest BCUT2D eigenvalue weighted by atomic mass is 35.5. The molecule has 0 bridgehead atoms. The lowest BCUT2D eigenvalue weighted by Crippen LogP contribution is -2.32. The lowest BCUT2D eigenvalue weighted by atomic mass is 10.2. The molecule has 1 aliphatic rings. The van der Waals surface area contributed by atoms with Crippen molar-refractivity contribution in [1.82, 2.24) is 14.1 Å². The van der Waals surface area contributed by atoms with Crippen molar-refractivity contribution in [3.05, 3.63) is 95.1 Å². The molecule has 0 aliphatic heterocycles. The van der Waals surface area contributed by atoms with E-state index in [9.17, 15) is 8.42 Å². The van der Waals surface area contributed by atoms with Crippen LogP contribution >= 0.6 is 11.6 Å². The van der Waals surface area contributed by atoms with Crippen LogP contribution in [0.1, 0.15) is 24.1 Å². The molecule has 1 aromatic heterocycles. The van der Waals surface area contributed by atoms with E-state index < -0.39 is 10.0 Å². The van der Waals surface area contributed by atoms with E-state index in [2.05, 4.69) is 0 Å². The maximum atomic E-state index is 13.8. The lowest BCUT2D eigenvalue weighted by molar-refractivity contribution is 0.378. The van der Waals surface area contributed by atoms with Gasteiger partial charge in [-0.2, -0.15) is 9.40 Å². The summed E-state index contributed by atoms with van der Waals surface area (Å²) in [4.78, 5) is 0.218. The molecule has 1 aliphatic carbocycles. The van der Waals surface area contributed by atoms with Crippen molar-refractivity contribution >= 4 is 21.6 Å². The van der Waals surface area contributed by atoms with Gasteiger partial charge in [0.15, 0.2) is 0 Å². The maximum absolute atomic E-state index is 13.8. The summed E-state index contributed by atoms with van der Waals surface area (Å²) in [6.07, 6.45) is 2.03. The fourth-order valence-electron chi connectivity index (χ4n) is 4.11. The van der Waals surface area contributed by atoms with Gasteiger partial charge in [-0.05, 0) is 74.2 Å². The molecular weight excluding hydrogens is 510 g/mol. The van der Waals surface area contributed by atoms with Crippen LogP contribution in [0.5, 0.6) is 17.4 Å². The standard InChI is InChI=1S/C28H28ClN3O4S/c1-20-25(19-31(18-21-12-13-21)37(33,34)24-16-14-23(35-2)15-17-24)28(36-27-11-7-6-10-26(27)29)32(30-20)22-8-4-3-5-9-22/h3-11,14-17,21H,12-13,18-19H2,1-2H3. The average molecular weight is 538 g/mol. The van der Waals surface area contributed by atoms with Gasteiger partial charge in [0, 0.05) is 13.1 Å². The Labute approximate surface area is 222 Å². The van der Waals surface area contributed by atoms with Crippen LogP contribution < -0.4 is 9.47 Å². The van der Waals surface area contributed by atoms with Crippen LogP contribution in [0.2, 0.25) is 5.02 Å². The Balaban J connectivity index is 1.58. The van der Waals surface area contributed by atoms with Gasteiger partial charge < -0.3 is 9.47 Å². The molecule has 0 spiro atoms. The Morgan fingerprint density at radius 2 is 1.68 bits per heavy atom. The summed E-state index contributed by atoms with van der Waals surface area (Å²) in [5.41, 5.74) is 2.16. The third-order valence-electron chi connectivity index (χ3n) is 6.37. The molecule has 1 heterocycles. The second-order valence-corrected chi connectivity index (χ2v) is 11.4. The summed E-state index contributed by atoms with van der Waals surface area (Å²) in [6.45, 7) is 2.41. The maximum Gasteiger partial charge on any atom is 0.243 e. The van der Waals surface area contributed by atoms with Crippen LogP contribution in [-0.2, 0) is 16.6 Å². The summed E-state index contributed by atoms with van der Waals surface area (Å²) >= 11 is 6.42. The smallest absolute Gasteiger partial charge is 0.243 e. The molecule has 1 fully saturated rings. The molecular formula is C28H28ClN3O4S. The molecule has 5 rings (SSSR count). The molecule has 9 heteroatoms. The third kappa shape index (κ3) is 5.51. The molecule has 0 saturated heterocycles. The number of ether oxygens (including phenoxy) is 2. The highest BCUT2D eigenvalue weighted by molar-refractivity contribution is 7.89. The predicted octanol–water partition coefficient (Wildman–Crippen LogP) is 6.24. The Hall–Kier alpha value is -3.33. The fourth-order valence-corrected chi connectivity index (χ4v) is 5.77. The summed E-state index contributed by atoms with van der Waals surface area (Å²) in [5.74, 6) is 1.84. The molecule has 0 radical (unpaired) electrons. The van der Waals surface area contributed by atoms with E-state index in [-0.39, 0.29) is 11.4 Å². The molecule has 4 aromatic rings. The van der Waals surface area contributed by atoms with E-state index in [0.717, 1.165) is 18.5 Å².